The van der Waals surface area contributed by atoms with Gasteiger partial charge in [0.25, 0.3) is 0 Å². The number of carbonyl (C=O) groups is 2. The van der Waals surface area contributed by atoms with E-state index in [2.05, 4.69) is 42.5 Å². The average Bonchev–Trinajstić information content (AvgIpc) is 2.75. The second-order valence-electron chi connectivity index (χ2n) is 11.6. The molecule has 0 aliphatic rings. The molecule has 2 amide bonds. The quantitative estimate of drug-likeness (QED) is 0.102. The van der Waals surface area contributed by atoms with Crippen molar-refractivity contribution in [2.45, 2.75) is 139 Å². The summed E-state index contributed by atoms with van der Waals surface area (Å²) in [6, 6.07) is 0. The number of alkyl carbamates (subject to hydrolysis) is 2. The number of ether oxygens (including phenoxy) is 3. The van der Waals surface area contributed by atoms with E-state index in [1.165, 1.54) is 12.8 Å². The van der Waals surface area contributed by atoms with Gasteiger partial charge in [0.2, 0.25) is 0 Å². The first-order valence-corrected chi connectivity index (χ1v) is 15.9. The van der Waals surface area contributed by atoms with Crippen LogP contribution in [0.3, 0.4) is 0 Å². The van der Waals surface area contributed by atoms with Gasteiger partial charge in [-0.05, 0) is 92.9 Å². The highest BCUT2D eigenvalue weighted by Crippen LogP contribution is 2.18. The molecule has 0 spiro atoms. The zero-order valence-electron chi connectivity index (χ0n) is 24.3. The Morgan fingerprint density at radius 3 is 1.24 bits per heavy atom. The monoisotopic (exact) mass is 656 g/mol. The van der Waals surface area contributed by atoms with Crippen molar-refractivity contribution in [2.75, 3.05) is 26.3 Å². The molecule has 0 aliphatic carbocycles. The third-order valence-corrected chi connectivity index (χ3v) is 7.17. The van der Waals surface area contributed by atoms with E-state index in [0.717, 1.165) is 77.4 Å². The molecule has 37 heavy (non-hydrogen) atoms. The maximum atomic E-state index is 11.6. The van der Waals surface area contributed by atoms with Crippen molar-refractivity contribution in [3.63, 3.8) is 0 Å². The lowest BCUT2D eigenvalue weighted by atomic mass is 10.1. The molecule has 0 aromatic rings. The van der Waals surface area contributed by atoms with Gasteiger partial charge >= 0.3 is 12.2 Å². The number of rotatable bonds is 20. The molecule has 2 unspecified atom stereocenters. The van der Waals surface area contributed by atoms with Gasteiger partial charge in [0, 0.05) is 36.0 Å². The molecule has 0 aromatic carbocycles. The van der Waals surface area contributed by atoms with E-state index in [0.29, 0.717) is 22.7 Å². The van der Waals surface area contributed by atoms with Crippen LogP contribution in [0, 0.1) is 0 Å². The molecule has 0 heterocycles. The minimum Gasteiger partial charge on any atom is -0.444 e. The topological polar surface area (TPSA) is 85.9 Å². The van der Waals surface area contributed by atoms with Crippen LogP contribution < -0.4 is 10.6 Å². The van der Waals surface area contributed by atoms with Crippen LogP contribution in [-0.4, -0.2) is 59.3 Å². The zero-order chi connectivity index (χ0) is 28.2. The molecule has 0 saturated heterocycles. The summed E-state index contributed by atoms with van der Waals surface area (Å²) in [5.74, 6) is 0. The molecular weight excluding hydrogens is 604 g/mol. The summed E-state index contributed by atoms with van der Waals surface area (Å²) in [5, 5.41) is 5.62. The van der Waals surface area contributed by atoms with Crippen molar-refractivity contribution in [1.29, 1.82) is 0 Å². The van der Waals surface area contributed by atoms with Gasteiger partial charge in [-0.15, -0.1) is 0 Å². The van der Waals surface area contributed by atoms with Crippen molar-refractivity contribution >= 4 is 44.0 Å². The van der Waals surface area contributed by atoms with Gasteiger partial charge in [-0.1, -0.05) is 57.5 Å². The Bertz CT molecular complexity index is 544. The number of alkyl halides is 2. The standard InChI is InChI=1S/C28H54Br2N2O5/c1-27(2,3)36-25(33)31-19-11-7-15-23(29)17-9-13-21-35-22-14-10-18-24(30)16-8-12-20-32-26(34)37-28(4,5)6/h23-24H,7-22H2,1-6H3,(H,31,33)(H,32,34). The summed E-state index contributed by atoms with van der Waals surface area (Å²) in [7, 11) is 0. The molecule has 0 radical (unpaired) electrons. The van der Waals surface area contributed by atoms with Crippen LogP contribution in [0.15, 0.2) is 0 Å². The SMILES string of the molecule is CC(C)(C)OC(=O)NCCCCC(Br)CCCCOCCCCC(Br)CCCCNC(=O)OC(C)(C)C. The molecule has 2 atom stereocenters. The number of carbonyl (C=O) groups excluding carboxylic acids is 2. The van der Waals surface area contributed by atoms with E-state index < -0.39 is 11.2 Å². The van der Waals surface area contributed by atoms with E-state index in [1.807, 2.05) is 41.5 Å². The smallest absolute Gasteiger partial charge is 0.407 e. The molecule has 220 valence electrons. The van der Waals surface area contributed by atoms with Gasteiger partial charge in [-0.3, -0.25) is 0 Å². The molecule has 0 saturated carbocycles. The summed E-state index contributed by atoms with van der Waals surface area (Å²) in [4.78, 5) is 24.3. The Kier molecular flexibility index (Phi) is 21.0. The molecule has 9 heteroatoms. The Morgan fingerprint density at radius 2 is 0.919 bits per heavy atom. The van der Waals surface area contributed by atoms with Gasteiger partial charge in [0.15, 0.2) is 0 Å². The van der Waals surface area contributed by atoms with Crippen LogP contribution in [0.25, 0.3) is 0 Å². The van der Waals surface area contributed by atoms with Gasteiger partial charge in [0.1, 0.15) is 11.2 Å². The first-order chi connectivity index (χ1) is 17.3. The number of hydrogen-bond donors (Lipinski definition) is 2. The van der Waals surface area contributed by atoms with E-state index >= 15 is 0 Å². The molecule has 2 N–H and O–H groups in total. The molecule has 0 bridgehead atoms. The van der Waals surface area contributed by atoms with Gasteiger partial charge in [0.05, 0.1) is 0 Å². The number of unbranched alkanes of at least 4 members (excludes halogenated alkanes) is 4. The second-order valence-corrected chi connectivity index (χ2v) is 14.2. The minimum atomic E-state index is -0.447. The molecule has 0 fully saturated rings. The Morgan fingerprint density at radius 1 is 0.595 bits per heavy atom. The van der Waals surface area contributed by atoms with Crippen LogP contribution in [0.4, 0.5) is 9.59 Å². The van der Waals surface area contributed by atoms with Crippen molar-refractivity contribution < 1.29 is 23.8 Å². The number of amides is 2. The zero-order valence-corrected chi connectivity index (χ0v) is 27.4. The van der Waals surface area contributed by atoms with Crippen molar-refractivity contribution in [3.05, 3.63) is 0 Å². The van der Waals surface area contributed by atoms with Crippen LogP contribution in [0.5, 0.6) is 0 Å². The number of halogens is 2. The Balaban J connectivity index is 3.44. The van der Waals surface area contributed by atoms with Crippen molar-refractivity contribution in [1.82, 2.24) is 10.6 Å². The molecule has 0 aliphatic heterocycles. The Labute approximate surface area is 243 Å². The second kappa shape index (κ2) is 21.3. The highest BCUT2D eigenvalue weighted by Gasteiger charge is 2.16. The maximum absolute atomic E-state index is 11.6. The minimum absolute atomic E-state index is 0.337. The van der Waals surface area contributed by atoms with Gasteiger partial charge in [-0.2, -0.15) is 0 Å². The lowest BCUT2D eigenvalue weighted by Crippen LogP contribution is -2.33. The lowest BCUT2D eigenvalue weighted by Gasteiger charge is -2.19. The summed E-state index contributed by atoms with van der Waals surface area (Å²) in [6.45, 7) is 14.2. The molecule has 7 nitrogen and oxygen atoms in total. The maximum Gasteiger partial charge on any atom is 0.407 e. The normalized spacial score (nSPS) is 13.6. The van der Waals surface area contributed by atoms with E-state index in [-0.39, 0.29) is 12.2 Å². The van der Waals surface area contributed by atoms with Crippen molar-refractivity contribution in [2.24, 2.45) is 0 Å². The summed E-state index contributed by atoms with van der Waals surface area (Å²) in [5.41, 5.74) is -0.895. The predicted octanol–water partition coefficient (Wildman–Crippen LogP) is 8.26. The third kappa shape index (κ3) is 28.3. The molecule has 0 aromatic heterocycles. The first kappa shape index (κ1) is 36.5. The Hall–Kier alpha value is -0.540. The largest absolute Gasteiger partial charge is 0.444 e. The highest BCUT2D eigenvalue weighted by atomic mass is 79.9. The predicted molar refractivity (Wildman–Crippen MR) is 160 cm³/mol. The fraction of sp³-hybridized carbons (Fsp3) is 0.929. The van der Waals surface area contributed by atoms with Crippen LogP contribution in [0.2, 0.25) is 0 Å². The molecule has 0 rings (SSSR count). The fourth-order valence-electron chi connectivity index (χ4n) is 3.52. The molecular formula is C28H54Br2N2O5. The fourth-order valence-corrected chi connectivity index (χ4v) is 4.82. The van der Waals surface area contributed by atoms with Crippen LogP contribution >= 0.6 is 31.9 Å². The number of hydrogen-bond acceptors (Lipinski definition) is 5. The highest BCUT2D eigenvalue weighted by molar-refractivity contribution is 9.09. The lowest BCUT2D eigenvalue weighted by molar-refractivity contribution is 0.0515. The summed E-state index contributed by atoms with van der Waals surface area (Å²) >= 11 is 7.55. The first-order valence-electron chi connectivity index (χ1n) is 14.1. The summed E-state index contributed by atoms with van der Waals surface area (Å²) < 4.78 is 16.3. The average molecular weight is 659 g/mol. The van der Waals surface area contributed by atoms with Crippen LogP contribution in [0.1, 0.15) is 119 Å². The van der Waals surface area contributed by atoms with E-state index in [4.69, 9.17) is 14.2 Å². The number of nitrogens with one attached hydrogen (secondary N) is 2. The summed E-state index contributed by atoms with van der Waals surface area (Å²) in [6.07, 6.45) is 12.5. The van der Waals surface area contributed by atoms with Crippen LogP contribution in [-0.2, 0) is 14.2 Å². The van der Waals surface area contributed by atoms with E-state index in [9.17, 15) is 9.59 Å². The van der Waals surface area contributed by atoms with Crippen molar-refractivity contribution in [3.8, 4) is 0 Å². The third-order valence-electron chi connectivity index (χ3n) is 5.34. The van der Waals surface area contributed by atoms with Gasteiger partial charge in [-0.25, -0.2) is 9.59 Å². The van der Waals surface area contributed by atoms with E-state index in [1.54, 1.807) is 0 Å². The van der Waals surface area contributed by atoms with Gasteiger partial charge < -0.3 is 24.8 Å².